The molecule has 142 valence electrons. The quantitative estimate of drug-likeness (QED) is 0.813. The lowest BCUT2D eigenvalue weighted by molar-refractivity contribution is -0.121. The number of nitrogens with one attached hydrogen (secondary N) is 2. The molecule has 0 fully saturated rings. The Morgan fingerprint density at radius 3 is 2.52 bits per heavy atom. The second kappa shape index (κ2) is 8.44. The first-order chi connectivity index (χ1) is 13.1. The fourth-order valence-electron chi connectivity index (χ4n) is 2.94. The number of para-hydroxylation sites is 1. The van der Waals surface area contributed by atoms with Crippen LogP contribution in [0.5, 0.6) is 17.2 Å². The Morgan fingerprint density at radius 1 is 1.11 bits per heavy atom. The van der Waals surface area contributed by atoms with Crippen molar-refractivity contribution in [3.63, 3.8) is 0 Å². The van der Waals surface area contributed by atoms with Crippen LogP contribution in [0.1, 0.15) is 28.4 Å². The van der Waals surface area contributed by atoms with Gasteiger partial charge in [-0.2, -0.15) is 0 Å². The van der Waals surface area contributed by atoms with Crippen LogP contribution < -0.4 is 24.8 Å². The highest BCUT2D eigenvalue weighted by molar-refractivity contribution is 5.97. The zero-order valence-electron chi connectivity index (χ0n) is 15.3. The predicted octanol–water partition coefficient (Wildman–Crippen LogP) is 2.07. The van der Waals surface area contributed by atoms with Crippen molar-refractivity contribution in [2.45, 2.75) is 12.5 Å². The molecule has 2 amide bonds. The van der Waals surface area contributed by atoms with Crippen LogP contribution in [0, 0.1) is 0 Å². The van der Waals surface area contributed by atoms with E-state index < -0.39 is 0 Å². The number of carbonyl (C=O) groups excluding carboxylic acids is 2. The van der Waals surface area contributed by atoms with E-state index in [9.17, 15) is 9.59 Å². The number of rotatable bonds is 6. The van der Waals surface area contributed by atoms with Crippen molar-refractivity contribution in [2.24, 2.45) is 0 Å². The molecule has 7 nitrogen and oxygen atoms in total. The van der Waals surface area contributed by atoms with Crippen LogP contribution in [0.2, 0.25) is 0 Å². The molecule has 3 rings (SSSR count). The summed E-state index contributed by atoms with van der Waals surface area (Å²) in [5, 5.41) is 5.57. The average molecular weight is 370 g/mol. The topological polar surface area (TPSA) is 85.9 Å². The molecule has 7 heteroatoms. The monoisotopic (exact) mass is 370 g/mol. The van der Waals surface area contributed by atoms with Crippen LogP contribution in [0.15, 0.2) is 42.5 Å². The maximum absolute atomic E-state index is 12.4. The summed E-state index contributed by atoms with van der Waals surface area (Å²) < 4.78 is 15.9. The Bertz CT molecular complexity index is 815. The maximum Gasteiger partial charge on any atom is 0.251 e. The number of benzene rings is 2. The average Bonchev–Trinajstić information content (AvgIpc) is 2.71. The maximum atomic E-state index is 12.4. The second-order valence-corrected chi connectivity index (χ2v) is 6.08. The Kier molecular flexibility index (Phi) is 5.80. The molecule has 1 aliphatic rings. The molecule has 1 aliphatic heterocycles. The van der Waals surface area contributed by atoms with Crippen molar-refractivity contribution in [1.29, 1.82) is 0 Å². The van der Waals surface area contributed by atoms with E-state index in [0.29, 0.717) is 30.1 Å². The number of carbonyl (C=O) groups is 2. The molecule has 0 aliphatic carbocycles. The van der Waals surface area contributed by atoms with Gasteiger partial charge in [0.05, 0.1) is 33.4 Å². The lowest BCUT2D eigenvalue weighted by Gasteiger charge is -2.26. The van der Waals surface area contributed by atoms with Crippen molar-refractivity contribution in [3.8, 4) is 17.2 Å². The van der Waals surface area contributed by atoms with Crippen LogP contribution in [-0.2, 0) is 4.79 Å². The fourth-order valence-corrected chi connectivity index (χ4v) is 2.94. The first-order valence-electron chi connectivity index (χ1n) is 8.63. The molecule has 0 radical (unpaired) electrons. The fraction of sp³-hybridized carbons (Fsp3) is 0.300. The van der Waals surface area contributed by atoms with Crippen molar-refractivity contribution in [3.05, 3.63) is 53.6 Å². The van der Waals surface area contributed by atoms with Gasteiger partial charge in [-0.3, -0.25) is 9.59 Å². The molecule has 2 N–H and O–H groups in total. The van der Waals surface area contributed by atoms with Gasteiger partial charge in [-0.05, 0) is 18.2 Å². The van der Waals surface area contributed by atoms with Crippen LogP contribution in [0.25, 0.3) is 0 Å². The molecule has 27 heavy (non-hydrogen) atoms. The summed E-state index contributed by atoms with van der Waals surface area (Å²) in [7, 11) is 3.02. The van der Waals surface area contributed by atoms with Gasteiger partial charge < -0.3 is 24.8 Å². The van der Waals surface area contributed by atoms with Crippen molar-refractivity contribution in [1.82, 2.24) is 10.6 Å². The van der Waals surface area contributed by atoms with E-state index in [4.69, 9.17) is 14.2 Å². The SMILES string of the molecule is COc1cc(OC)cc(C(=O)NCC(=O)NC2CCOc3ccccc32)c1. The van der Waals surface area contributed by atoms with Crippen LogP contribution >= 0.6 is 0 Å². The number of amides is 2. The molecule has 2 aromatic carbocycles. The van der Waals surface area contributed by atoms with Crippen LogP contribution in [-0.4, -0.2) is 39.2 Å². The standard InChI is InChI=1S/C20H22N2O5/c1-25-14-9-13(10-15(11-14)26-2)20(24)21-12-19(23)22-17-7-8-27-18-6-4-3-5-16(17)18/h3-6,9-11,17H,7-8,12H2,1-2H3,(H,21,24)(H,22,23). The van der Waals surface area contributed by atoms with E-state index in [0.717, 1.165) is 11.3 Å². The van der Waals surface area contributed by atoms with Gasteiger partial charge in [-0.1, -0.05) is 18.2 Å². The zero-order chi connectivity index (χ0) is 19.2. The highest BCUT2D eigenvalue weighted by Crippen LogP contribution is 2.31. The molecule has 1 heterocycles. The summed E-state index contributed by atoms with van der Waals surface area (Å²) in [4.78, 5) is 24.6. The van der Waals surface area contributed by atoms with Gasteiger partial charge in [-0.25, -0.2) is 0 Å². The lowest BCUT2D eigenvalue weighted by Crippen LogP contribution is -2.40. The summed E-state index contributed by atoms with van der Waals surface area (Å²) in [5.41, 5.74) is 1.30. The third-order valence-corrected chi connectivity index (χ3v) is 4.32. The summed E-state index contributed by atoms with van der Waals surface area (Å²) in [6.45, 7) is 0.413. The summed E-state index contributed by atoms with van der Waals surface area (Å²) >= 11 is 0. The van der Waals surface area contributed by atoms with Crippen molar-refractivity contribution >= 4 is 11.8 Å². The minimum Gasteiger partial charge on any atom is -0.497 e. The van der Waals surface area contributed by atoms with Crippen LogP contribution in [0.3, 0.4) is 0 Å². The van der Waals surface area contributed by atoms with Gasteiger partial charge in [0.2, 0.25) is 5.91 Å². The van der Waals surface area contributed by atoms with Gasteiger partial charge >= 0.3 is 0 Å². The first kappa shape index (κ1) is 18.6. The van der Waals surface area contributed by atoms with Gasteiger partial charge in [-0.15, -0.1) is 0 Å². The molecule has 1 unspecified atom stereocenters. The molecule has 0 saturated heterocycles. The third kappa shape index (κ3) is 4.49. The van der Waals surface area contributed by atoms with Gasteiger partial charge in [0, 0.05) is 23.6 Å². The number of ether oxygens (including phenoxy) is 3. The normalized spacial score (nSPS) is 15.1. The first-order valence-corrected chi connectivity index (χ1v) is 8.63. The van der Waals surface area contributed by atoms with E-state index in [-0.39, 0.29) is 24.4 Å². The Balaban J connectivity index is 1.59. The van der Waals surface area contributed by atoms with Gasteiger partial charge in [0.15, 0.2) is 0 Å². The number of hydrogen-bond donors (Lipinski definition) is 2. The molecule has 0 saturated carbocycles. The van der Waals surface area contributed by atoms with Gasteiger partial charge in [0.1, 0.15) is 17.2 Å². The Labute approximate surface area is 157 Å². The van der Waals surface area contributed by atoms with E-state index in [1.807, 2.05) is 24.3 Å². The Hall–Kier alpha value is -3.22. The number of fused-ring (bicyclic) bond motifs is 1. The van der Waals surface area contributed by atoms with E-state index in [1.165, 1.54) is 14.2 Å². The molecule has 1 atom stereocenters. The lowest BCUT2D eigenvalue weighted by atomic mass is 10.0. The van der Waals surface area contributed by atoms with Crippen LogP contribution in [0.4, 0.5) is 0 Å². The summed E-state index contributed by atoms with van der Waals surface area (Å²) in [5.74, 6) is 1.14. The number of hydrogen-bond acceptors (Lipinski definition) is 5. The predicted molar refractivity (Wildman–Crippen MR) is 99.3 cm³/mol. The third-order valence-electron chi connectivity index (χ3n) is 4.32. The second-order valence-electron chi connectivity index (χ2n) is 6.08. The largest absolute Gasteiger partial charge is 0.497 e. The summed E-state index contributed by atoms with van der Waals surface area (Å²) in [6.07, 6.45) is 0.684. The van der Waals surface area contributed by atoms with E-state index in [1.54, 1.807) is 18.2 Å². The molecule has 0 spiro atoms. The number of methoxy groups -OCH3 is 2. The van der Waals surface area contributed by atoms with Gasteiger partial charge in [0.25, 0.3) is 5.91 Å². The highest BCUT2D eigenvalue weighted by Gasteiger charge is 2.22. The molecule has 0 aromatic heterocycles. The minimum atomic E-state index is -0.380. The van der Waals surface area contributed by atoms with Crippen molar-refractivity contribution in [2.75, 3.05) is 27.4 Å². The van der Waals surface area contributed by atoms with E-state index >= 15 is 0 Å². The molecule has 0 bridgehead atoms. The zero-order valence-corrected chi connectivity index (χ0v) is 15.3. The Morgan fingerprint density at radius 2 is 1.81 bits per heavy atom. The molecular weight excluding hydrogens is 348 g/mol. The smallest absolute Gasteiger partial charge is 0.251 e. The highest BCUT2D eigenvalue weighted by atomic mass is 16.5. The summed E-state index contributed by atoms with van der Waals surface area (Å²) in [6, 6.07) is 12.3. The minimum absolute atomic E-state index is 0.127. The van der Waals surface area contributed by atoms with Crippen molar-refractivity contribution < 1.29 is 23.8 Å². The molecular formula is C20H22N2O5. The van der Waals surface area contributed by atoms with E-state index in [2.05, 4.69) is 10.6 Å². The molecule has 2 aromatic rings.